The summed E-state index contributed by atoms with van der Waals surface area (Å²) in [6.45, 7) is 4.93. The highest BCUT2D eigenvalue weighted by molar-refractivity contribution is 7.99. The van der Waals surface area contributed by atoms with Crippen LogP contribution in [0.1, 0.15) is 43.6 Å². The van der Waals surface area contributed by atoms with Crippen molar-refractivity contribution in [3.05, 3.63) is 65.7 Å². The molecule has 1 atom stereocenters. The highest BCUT2D eigenvalue weighted by Crippen LogP contribution is 2.31. The minimum atomic E-state index is -0.283. The average molecular weight is 466 g/mol. The summed E-state index contributed by atoms with van der Waals surface area (Å²) in [5, 5.41) is 9.65. The number of hydrogen-bond acceptors (Lipinski definition) is 5. The number of carbonyl (C=O) groups is 1. The van der Waals surface area contributed by atoms with Gasteiger partial charge in [-0.1, -0.05) is 36.4 Å². The Bertz CT molecular complexity index is 1130. The van der Waals surface area contributed by atoms with E-state index in [1.165, 1.54) is 48.7 Å². The zero-order chi connectivity index (χ0) is 22.8. The first-order valence-corrected chi connectivity index (χ1v) is 12.6. The van der Waals surface area contributed by atoms with Crippen LogP contribution in [0.5, 0.6) is 0 Å². The van der Waals surface area contributed by atoms with Gasteiger partial charge < -0.3 is 4.90 Å². The van der Waals surface area contributed by atoms with Crippen molar-refractivity contribution >= 4 is 23.4 Å². The molecule has 1 saturated heterocycles. The van der Waals surface area contributed by atoms with Gasteiger partial charge in [0.05, 0.1) is 11.8 Å². The lowest BCUT2D eigenvalue weighted by Crippen LogP contribution is -2.33. The minimum Gasteiger partial charge on any atom is -0.311 e. The molecule has 172 valence electrons. The van der Waals surface area contributed by atoms with Crippen LogP contribution in [-0.2, 0) is 11.2 Å². The predicted molar refractivity (Wildman–Crippen MR) is 128 cm³/mol. The molecule has 6 nitrogen and oxygen atoms in total. The normalized spacial score (nSPS) is 17.2. The van der Waals surface area contributed by atoms with Gasteiger partial charge in [-0.3, -0.25) is 14.3 Å². The molecule has 0 radical (unpaired) electrons. The van der Waals surface area contributed by atoms with Crippen LogP contribution in [0.15, 0.2) is 53.7 Å². The Balaban J connectivity index is 1.39. The molecule has 2 aliphatic rings. The zero-order valence-corrected chi connectivity index (χ0v) is 19.6. The number of likely N-dealkylation sites (tertiary alicyclic amines) is 1. The van der Waals surface area contributed by atoms with Gasteiger partial charge in [0.2, 0.25) is 5.91 Å². The third-order valence-electron chi connectivity index (χ3n) is 6.57. The Morgan fingerprint density at radius 2 is 1.79 bits per heavy atom. The standard InChI is InChI=1S/C25H28FN5OS/c1-18(29-14-5-2-6-15-29)24-27-28-25(31(24)21-11-9-20(26)10-12-21)33-17-23(32)30-16-13-19-7-3-4-8-22(19)30/h3-4,7-12,18H,2,5-6,13-17H2,1H3/t18-/m0/s1. The number of fused-ring (bicyclic) bond motifs is 1. The smallest absolute Gasteiger partial charge is 0.237 e. The number of anilines is 1. The lowest BCUT2D eigenvalue weighted by Gasteiger charge is -2.31. The summed E-state index contributed by atoms with van der Waals surface area (Å²) in [7, 11) is 0. The van der Waals surface area contributed by atoms with Crippen LogP contribution >= 0.6 is 11.8 Å². The maximum Gasteiger partial charge on any atom is 0.237 e. The molecule has 2 aromatic carbocycles. The summed E-state index contributed by atoms with van der Waals surface area (Å²) in [6.07, 6.45) is 4.51. The maximum atomic E-state index is 13.6. The number of carbonyl (C=O) groups excluding carboxylic acids is 1. The molecule has 1 amide bonds. The van der Waals surface area contributed by atoms with Gasteiger partial charge in [0, 0.05) is 17.9 Å². The van der Waals surface area contributed by atoms with Crippen LogP contribution in [0.25, 0.3) is 5.69 Å². The van der Waals surface area contributed by atoms with Crippen molar-refractivity contribution in [1.29, 1.82) is 0 Å². The van der Waals surface area contributed by atoms with Crippen molar-refractivity contribution in [3.63, 3.8) is 0 Å². The van der Waals surface area contributed by atoms with Gasteiger partial charge in [-0.15, -0.1) is 10.2 Å². The molecule has 33 heavy (non-hydrogen) atoms. The molecule has 8 heteroatoms. The fourth-order valence-corrected chi connectivity index (χ4v) is 5.58. The number of nitrogens with zero attached hydrogens (tertiary/aromatic N) is 5. The van der Waals surface area contributed by atoms with Crippen molar-refractivity contribution < 1.29 is 9.18 Å². The Hall–Kier alpha value is -2.71. The van der Waals surface area contributed by atoms with E-state index in [9.17, 15) is 9.18 Å². The summed E-state index contributed by atoms with van der Waals surface area (Å²) in [5.74, 6) is 0.870. The first kappa shape index (κ1) is 22.1. The van der Waals surface area contributed by atoms with E-state index in [0.29, 0.717) is 11.7 Å². The third kappa shape index (κ3) is 4.54. The summed E-state index contributed by atoms with van der Waals surface area (Å²) < 4.78 is 15.6. The molecule has 0 aliphatic carbocycles. The molecule has 1 aromatic heterocycles. The monoisotopic (exact) mass is 465 g/mol. The molecule has 0 N–H and O–H groups in total. The van der Waals surface area contributed by atoms with Crippen molar-refractivity contribution in [2.45, 2.75) is 43.8 Å². The number of amides is 1. The highest BCUT2D eigenvalue weighted by Gasteiger charge is 2.28. The van der Waals surface area contributed by atoms with Gasteiger partial charge in [0.15, 0.2) is 11.0 Å². The van der Waals surface area contributed by atoms with E-state index in [4.69, 9.17) is 0 Å². The van der Waals surface area contributed by atoms with E-state index in [-0.39, 0.29) is 23.5 Å². The lowest BCUT2D eigenvalue weighted by atomic mass is 10.1. The third-order valence-corrected chi connectivity index (χ3v) is 7.48. The van der Waals surface area contributed by atoms with Crippen molar-refractivity contribution in [3.8, 4) is 5.69 Å². The van der Waals surface area contributed by atoms with E-state index in [2.05, 4.69) is 28.1 Å². The van der Waals surface area contributed by atoms with Crippen molar-refractivity contribution in [2.24, 2.45) is 0 Å². The summed E-state index contributed by atoms with van der Waals surface area (Å²) in [5.41, 5.74) is 3.02. The van der Waals surface area contributed by atoms with Crippen molar-refractivity contribution in [2.75, 3.05) is 30.3 Å². The fraction of sp³-hybridized carbons (Fsp3) is 0.400. The van der Waals surface area contributed by atoms with Gasteiger partial charge in [-0.25, -0.2) is 4.39 Å². The Labute approximate surface area is 197 Å². The molecule has 0 saturated carbocycles. The predicted octanol–water partition coefficient (Wildman–Crippen LogP) is 4.63. The number of halogens is 1. The molecular weight excluding hydrogens is 437 g/mol. The molecule has 3 aromatic rings. The largest absolute Gasteiger partial charge is 0.311 e. The number of benzene rings is 2. The van der Waals surface area contributed by atoms with Crippen LogP contribution in [0.2, 0.25) is 0 Å². The molecule has 2 aliphatic heterocycles. The zero-order valence-electron chi connectivity index (χ0n) is 18.8. The number of thioether (sulfide) groups is 1. The molecule has 0 spiro atoms. The number of aromatic nitrogens is 3. The van der Waals surface area contributed by atoms with Crippen molar-refractivity contribution in [1.82, 2.24) is 19.7 Å². The van der Waals surface area contributed by atoms with Crippen LogP contribution < -0.4 is 4.90 Å². The first-order chi connectivity index (χ1) is 16.1. The summed E-state index contributed by atoms with van der Waals surface area (Å²) >= 11 is 1.39. The van der Waals surface area contributed by atoms with E-state index in [1.807, 2.05) is 27.7 Å². The molecule has 0 unspecified atom stereocenters. The number of piperidine rings is 1. The highest BCUT2D eigenvalue weighted by atomic mass is 32.2. The lowest BCUT2D eigenvalue weighted by molar-refractivity contribution is -0.116. The molecule has 1 fully saturated rings. The quantitative estimate of drug-likeness (QED) is 0.497. The average Bonchev–Trinajstić information content (AvgIpc) is 3.48. The number of hydrogen-bond donors (Lipinski definition) is 0. The van der Waals surface area contributed by atoms with E-state index < -0.39 is 0 Å². The Kier molecular flexibility index (Phi) is 6.46. The van der Waals surface area contributed by atoms with Gasteiger partial charge in [0.1, 0.15) is 5.82 Å². The second-order valence-corrected chi connectivity index (χ2v) is 9.58. The van der Waals surface area contributed by atoms with Crippen LogP contribution in [0.3, 0.4) is 0 Å². The molecular formula is C25H28FN5OS. The van der Waals surface area contributed by atoms with Gasteiger partial charge in [-0.05, 0) is 75.2 Å². The summed E-state index contributed by atoms with van der Waals surface area (Å²) in [4.78, 5) is 17.3. The van der Waals surface area contributed by atoms with Crippen LogP contribution in [-0.4, -0.2) is 51.0 Å². The number of para-hydroxylation sites is 1. The van der Waals surface area contributed by atoms with Gasteiger partial charge in [-0.2, -0.15) is 0 Å². The second kappa shape index (κ2) is 9.65. The second-order valence-electron chi connectivity index (χ2n) is 8.64. The van der Waals surface area contributed by atoms with E-state index in [0.717, 1.165) is 36.7 Å². The summed E-state index contributed by atoms with van der Waals surface area (Å²) in [6, 6.07) is 14.5. The maximum absolute atomic E-state index is 13.6. The molecule has 3 heterocycles. The SMILES string of the molecule is C[C@@H](c1nnc(SCC(=O)N2CCc3ccccc32)n1-c1ccc(F)cc1)N1CCCCC1. The molecule has 0 bridgehead atoms. The topological polar surface area (TPSA) is 54.3 Å². The van der Waals surface area contributed by atoms with E-state index >= 15 is 0 Å². The fourth-order valence-electron chi connectivity index (χ4n) is 4.75. The van der Waals surface area contributed by atoms with E-state index in [1.54, 1.807) is 12.1 Å². The van der Waals surface area contributed by atoms with Crippen LogP contribution in [0, 0.1) is 5.82 Å². The first-order valence-electron chi connectivity index (χ1n) is 11.6. The Morgan fingerprint density at radius 1 is 1.03 bits per heavy atom. The molecule has 5 rings (SSSR count). The van der Waals surface area contributed by atoms with Gasteiger partial charge >= 0.3 is 0 Å². The minimum absolute atomic E-state index is 0.0595. The van der Waals surface area contributed by atoms with Gasteiger partial charge in [0.25, 0.3) is 0 Å². The Morgan fingerprint density at radius 3 is 2.58 bits per heavy atom. The number of rotatable bonds is 6. The van der Waals surface area contributed by atoms with Crippen LogP contribution in [0.4, 0.5) is 10.1 Å².